The number of benzene rings is 1. The van der Waals surface area contributed by atoms with E-state index in [1.807, 2.05) is 0 Å². The average molecular weight is 316 g/mol. The number of rotatable bonds is 9. The third-order valence-corrected chi connectivity index (χ3v) is 3.16. The fourth-order valence-electron chi connectivity index (χ4n) is 1.58. The minimum atomic E-state index is -0.589. The van der Waals surface area contributed by atoms with E-state index in [-0.39, 0.29) is 6.61 Å². The Kier molecular flexibility index (Phi) is 8.48. The summed E-state index contributed by atoms with van der Waals surface area (Å²) in [6.45, 7) is 1.49. The van der Waals surface area contributed by atoms with Gasteiger partial charge in [-0.15, -0.1) is 12.3 Å². The first-order valence-electron chi connectivity index (χ1n) is 6.53. The van der Waals surface area contributed by atoms with E-state index >= 15 is 0 Å². The fourth-order valence-corrected chi connectivity index (χ4v) is 2.05. The molecule has 0 aromatic heterocycles. The van der Waals surface area contributed by atoms with Gasteiger partial charge in [0, 0.05) is 18.0 Å². The van der Waals surface area contributed by atoms with Crippen molar-refractivity contribution in [1.29, 1.82) is 0 Å². The number of terminal acetylenes is 1. The van der Waals surface area contributed by atoms with E-state index in [9.17, 15) is 5.11 Å². The lowest BCUT2D eigenvalue weighted by Crippen LogP contribution is -2.32. The van der Waals surface area contributed by atoms with Gasteiger partial charge < -0.3 is 15.2 Å². The van der Waals surface area contributed by atoms with E-state index in [1.54, 1.807) is 18.2 Å². The Labute approximate surface area is 130 Å². The summed E-state index contributed by atoms with van der Waals surface area (Å²) in [5.74, 6) is 3.11. The van der Waals surface area contributed by atoms with Gasteiger partial charge >= 0.3 is 0 Å². The van der Waals surface area contributed by atoms with Gasteiger partial charge in [0.15, 0.2) is 0 Å². The molecule has 0 amide bonds. The summed E-state index contributed by atoms with van der Waals surface area (Å²) in [7, 11) is 0. The van der Waals surface area contributed by atoms with Gasteiger partial charge in [-0.05, 0) is 37.6 Å². The van der Waals surface area contributed by atoms with Crippen molar-refractivity contribution >= 4 is 23.2 Å². The summed E-state index contributed by atoms with van der Waals surface area (Å²) in [5, 5.41) is 13.9. The standard InChI is InChI=1S/C15H19Cl2NO2/c1-2-3-4-5-8-18-10-13(19)11-20-15-7-6-12(16)9-14(15)17/h1,6-7,9,13,18-19H,3-5,8,10-11H2. The van der Waals surface area contributed by atoms with Crippen LogP contribution in [0.2, 0.25) is 10.0 Å². The Balaban J connectivity index is 2.16. The van der Waals surface area contributed by atoms with Crippen LogP contribution in [0.25, 0.3) is 0 Å². The fraction of sp³-hybridized carbons (Fsp3) is 0.467. The number of hydrogen-bond donors (Lipinski definition) is 2. The molecule has 0 saturated carbocycles. The molecular formula is C15H19Cl2NO2. The number of aliphatic hydroxyl groups excluding tert-OH is 1. The Hall–Kier alpha value is -0.920. The quantitative estimate of drug-likeness (QED) is 0.543. The van der Waals surface area contributed by atoms with E-state index in [4.69, 9.17) is 34.4 Å². The van der Waals surface area contributed by atoms with Gasteiger partial charge in [0.1, 0.15) is 18.5 Å². The SMILES string of the molecule is C#CCCCCNCC(O)COc1ccc(Cl)cc1Cl. The highest BCUT2D eigenvalue weighted by molar-refractivity contribution is 6.35. The number of nitrogens with one attached hydrogen (secondary N) is 1. The van der Waals surface area contributed by atoms with Crippen LogP contribution in [-0.2, 0) is 0 Å². The molecule has 1 aromatic rings. The second-order valence-corrected chi connectivity index (χ2v) is 5.25. The molecular weight excluding hydrogens is 297 g/mol. The summed E-state index contributed by atoms with van der Waals surface area (Å²) in [6, 6.07) is 4.98. The molecule has 1 rings (SSSR count). The van der Waals surface area contributed by atoms with Gasteiger partial charge in [-0.1, -0.05) is 23.2 Å². The van der Waals surface area contributed by atoms with Crippen LogP contribution < -0.4 is 10.1 Å². The second kappa shape index (κ2) is 9.90. The van der Waals surface area contributed by atoms with Crippen LogP contribution in [-0.4, -0.2) is 30.9 Å². The molecule has 0 aliphatic carbocycles. The van der Waals surface area contributed by atoms with Crippen molar-refractivity contribution in [3.8, 4) is 18.1 Å². The van der Waals surface area contributed by atoms with Gasteiger partial charge in [-0.2, -0.15) is 0 Å². The van der Waals surface area contributed by atoms with E-state index < -0.39 is 6.10 Å². The van der Waals surface area contributed by atoms with Gasteiger partial charge in [-0.3, -0.25) is 0 Å². The molecule has 1 unspecified atom stereocenters. The van der Waals surface area contributed by atoms with Crippen molar-refractivity contribution in [3.63, 3.8) is 0 Å². The first-order chi connectivity index (χ1) is 9.63. The summed E-state index contributed by atoms with van der Waals surface area (Å²) in [4.78, 5) is 0. The highest BCUT2D eigenvalue weighted by Gasteiger charge is 2.07. The number of halogens is 2. The Morgan fingerprint density at radius 1 is 1.35 bits per heavy atom. The largest absolute Gasteiger partial charge is 0.489 e. The third kappa shape index (κ3) is 7.02. The van der Waals surface area contributed by atoms with Crippen LogP contribution >= 0.6 is 23.2 Å². The summed E-state index contributed by atoms with van der Waals surface area (Å²) >= 11 is 11.8. The summed E-state index contributed by atoms with van der Waals surface area (Å²) in [5.41, 5.74) is 0. The molecule has 0 fully saturated rings. The summed E-state index contributed by atoms with van der Waals surface area (Å²) < 4.78 is 5.44. The molecule has 0 heterocycles. The Morgan fingerprint density at radius 2 is 2.15 bits per heavy atom. The average Bonchev–Trinajstić information content (AvgIpc) is 2.41. The maximum absolute atomic E-state index is 9.77. The van der Waals surface area contributed by atoms with E-state index in [0.29, 0.717) is 22.3 Å². The van der Waals surface area contributed by atoms with Crippen molar-refractivity contribution in [2.24, 2.45) is 0 Å². The highest BCUT2D eigenvalue weighted by Crippen LogP contribution is 2.27. The minimum absolute atomic E-state index is 0.179. The molecule has 2 N–H and O–H groups in total. The smallest absolute Gasteiger partial charge is 0.138 e. The highest BCUT2D eigenvalue weighted by atomic mass is 35.5. The topological polar surface area (TPSA) is 41.5 Å². The lowest BCUT2D eigenvalue weighted by Gasteiger charge is -2.14. The number of unbranched alkanes of at least 4 members (excludes halogenated alkanes) is 2. The van der Waals surface area contributed by atoms with Crippen molar-refractivity contribution in [2.75, 3.05) is 19.7 Å². The van der Waals surface area contributed by atoms with E-state index in [0.717, 1.165) is 25.8 Å². The lowest BCUT2D eigenvalue weighted by molar-refractivity contribution is 0.106. The lowest BCUT2D eigenvalue weighted by atomic mass is 10.2. The maximum Gasteiger partial charge on any atom is 0.138 e. The molecule has 5 heteroatoms. The van der Waals surface area contributed by atoms with Crippen molar-refractivity contribution in [2.45, 2.75) is 25.4 Å². The molecule has 110 valence electrons. The van der Waals surface area contributed by atoms with Gasteiger partial charge in [0.25, 0.3) is 0 Å². The molecule has 1 aromatic carbocycles. The molecule has 1 atom stereocenters. The van der Waals surface area contributed by atoms with Gasteiger partial charge in [-0.25, -0.2) is 0 Å². The summed E-state index contributed by atoms with van der Waals surface area (Å²) in [6.07, 6.45) is 7.36. The van der Waals surface area contributed by atoms with Crippen LogP contribution in [0.15, 0.2) is 18.2 Å². The zero-order valence-corrected chi connectivity index (χ0v) is 12.8. The third-order valence-electron chi connectivity index (χ3n) is 2.63. The Bertz CT molecular complexity index is 446. The number of hydrogen-bond acceptors (Lipinski definition) is 3. The molecule has 3 nitrogen and oxygen atoms in total. The predicted molar refractivity (Wildman–Crippen MR) is 83.5 cm³/mol. The number of ether oxygens (including phenoxy) is 1. The van der Waals surface area contributed by atoms with E-state index in [1.165, 1.54) is 0 Å². The van der Waals surface area contributed by atoms with Crippen LogP contribution in [0, 0.1) is 12.3 Å². The molecule has 0 radical (unpaired) electrons. The van der Waals surface area contributed by atoms with Gasteiger partial charge in [0.2, 0.25) is 0 Å². The maximum atomic E-state index is 9.77. The zero-order chi connectivity index (χ0) is 14.8. The van der Waals surface area contributed by atoms with Crippen LogP contribution in [0.5, 0.6) is 5.75 Å². The predicted octanol–water partition coefficient (Wildman–Crippen LogP) is 3.13. The molecule has 0 bridgehead atoms. The van der Waals surface area contributed by atoms with Crippen LogP contribution in [0.4, 0.5) is 0 Å². The van der Waals surface area contributed by atoms with Crippen LogP contribution in [0.3, 0.4) is 0 Å². The molecule has 0 aliphatic rings. The van der Waals surface area contributed by atoms with E-state index in [2.05, 4.69) is 11.2 Å². The Morgan fingerprint density at radius 3 is 2.85 bits per heavy atom. The first kappa shape index (κ1) is 17.1. The van der Waals surface area contributed by atoms with Crippen molar-refractivity contribution in [3.05, 3.63) is 28.2 Å². The zero-order valence-electron chi connectivity index (χ0n) is 11.2. The monoisotopic (exact) mass is 315 g/mol. The molecule has 0 aliphatic heterocycles. The number of aliphatic hydroxyl groups is 1. The van der Waals surface area contributed by atoms with Crippen molar-refractivity contribution in [1.82, 2.24) is 5.32 Å². The molecule has 0 saturated heterocycles. The normalized spacial score (nSPS) is 11.9. The van der Waals surface area contributed by atoms with Crippen molar-refractivity contribution < 1.29 is 9.84 Å². The van der Waals surface area contributed by atoms with Gasteiger partial charge in [0.05, 0.1) is 5.02 Å². The molecule has 20 heavy (non-hydrogen) atoms. The minimum Gasteiger partial charge on any atom is -0.489 e. The first-order valence-corrected chi connectivity index (χ1v) is 7.29. The van der Waals surface area contributed by atoms with Crippen LogP contribution in [0.1, 0.15) is 19.3 Å². The second-order valence-electron chi connectivity index (χ2n) is 4.40. The molecule has 0 spiro atoms.